The van der Waals surface area contributed by atoms with Crippen LogP contribution >= 0.6 is 15.9 Å². The molecule has 46 heavy (non-hydrogen) atoms. The molecule has 0 N–H and O–H groups in total. The first-order valence-electron chi connectivity index (χ1n) is 15.6. The molecule has 1 nitrogen and oxygen atoms in total. The van der Waals surface area contributed by atoms with Crippen molar-refractivity contribution in [2.75, 3.05) is 0 Å². The lowest BCUT2D eigenvalue weighted by Crippen LogP contribution is -1.93. The SMILES string of the molecule is Brc1c2ccccc2c(-c2c3ccccc3c(-c3ccc4oc5cc6ccccc6cc5c4c3)c3ccccc23)c2ccccc12. The van der Waals surface area contributed by atoms with Gasteiger partial charge in [0.2, 0.25) is 0 Å². The summed E-state index contributed by atoms with van der Waals surface area (Å²) >= 11 is 3.97. The third-order valence-electron chi connectivity index (χ3n) is 9.67. The van der Waals surface area contributed by atoms with E-state index in [9.17, 15) is 0 Å². The predicted molar refractivity (Wildman–Crippen MR) is 200 cm³/mol. The monoisotopic (exact) mass is 648 g/mol. The van der Waals surface area contributed by atoms with Gasteiger partial charge in [-0.05, 0) is 116 Å². The Kier molecular flexibility index (Phi) is 5.49. The molecule has 0 fully saturated rings. The number of hydrogen-bond acceptors (Lipinski definition) is 1. The zero-order chi connectivity index (χ0) is 30.4. The van der Waals surface area contributed by atoms with Gasteiger partial charge in [-0.2, -0.15) is 0 Å². The van der Waals surface area contributed by atoms with Crippen LogP contribution in [-0.2, 0) is 0 Å². The number of rotatable bonds is 2. The van der Waals surface area contributed by atoms with E-state index in [1.807, 2.05) is 0 Å². The maximum atomic E-state index is 6.39. The molecule has 0 saturated heterocycles. The first kappa shape index (κ1) is 25.8. The molecule has 1 heterocycles. The third kappa shape index (κ3) is 3.62. The van der Waals surface area contributed by atoms with Gasteiger partial charge in [-0.15, -0.1) is 0 Å². The maximum absolute atomic E-state index is 6.39. The van der Waals surface area contributed by atoms with Gasteiger partial charge in [0, 0.05) is 15.2 Å². The van der Waals surface area contributed by atoms with E-state index in [1.54, 1.807) is 0 Å². The molecular weight excluding hydrogens is 624 g/mol. The summed E-state index contributed by atoms with van der Waals surface area (Å²) in [5.74, 6) is 0. The van der Waals surface area contributed by atoms with Crippen LogP contribution in [-0.4, -0.2) is 0 Å². The van der Waals surface area contributed by atoms with Gasteiger partial charge in [0.05, 0.1) is 0 Å². The molecule has 0 atom stereocenters. The Bertz CT molecular complexity index is 2760. The number of furan rings is 1. The maximum Gasteiger partial charge on any atom is 0.136 e. The topological polar surface area (TPSA) is 13.1 Å². The molecule has 0 bridgehead atoms. The van der Waals surface area contributed by atoms with Crippen LogP contribution in [0.5, 0.6) is 0 Å². The molecule has 214 valence electrons. The van der Waals surface area contributed by atoms with Crippen LogP contribution in [0.25, 0.3) is 98.1 Å². The Morgan fingerprint density at radius 2 is 0.739 bits per heavy atom. The minimum absolute atomic E-state index is 0.909. The van der Waals surface area contributed by atoms with Gasteiger partial charge in [0.1, 0.15) is 11.2 Å². The smallest absolute Gasteiger partial charge is 0.136 e. The Morgan fingerprint density at radius 1 is 0.326 bits per heavy atom. The molecule has 0 aliphatic heterocycles. The highest BCUT2D eigenvalue weighted by molar-refractivity contribution is 9.10. The first-order chi connectivity index (χ1) is 22.7. The second kappa shape index (κ2) is 9.78. The van der Waals surface area contributed by atoms with Gasteiger partial charge in [-0.1, -0.05) is 127 Å². The van der Waals surface area contributed by atoms with E-state index >= 15 is 0 Å². The van der Waals surface area contributed by atoms with Crippen LogP contribution in [0, 0.1) is 0 Å². The summed E-state index contributed by atoms with van der Waals surface area (Å²) in [5, 5.41) is 14.6. The van der Waals surface area contributed by atoms with Crippen LogP contribution in [0.2, 0.25) is 0 Å². The Morgan fingerprint density at radius 3 is 1.28 bits per heavy atom. The normalized spacial score (nSPS) is 12.0. The van der Waals surface area contributed by atoms with Gasteiger partial charge in [0.15, 0.2) is 0 Å². The second-order valence-electron chi connectivity index (χ2n) is 12.1. The third-order valence-corrected chi connectivity index (χ3v) is 10.5. The lowest BCUT2D eigenvalue weighted by atomic mass is 9.83. The summed E-state index contributed by atoms with van der Waals surface area (Å²) in [6.07, 6.45) is 0. The minimum Gasteiger partial charge on any atom is -0.456 e. The molecule has 0 amide bonds. The summed E-state index contributed by atoms with van der Waals surface area (Å²) in [6.45, 7) is 0. The van der Waals surface area contributed by atoms with Crippen molar-refractivity contribution < 1.29 is 4.42 Å². The molecule has 10 aromatic rings. The summed E-state index contributed by atoms with van der Waals surface area (Å²) in [4.78, 5) is 0. The minimum atomic E-state index is 0.909. The van der Waals surface area contributed by atoms with E-state index in [-0.39, 0.29) is 0 Å². The van der Waals surface area contributed by atoms with Crippen molar-refractivity contribution in [3.05, 3.63) is 156 Å². The van der Waals surface area contributed by atoms with Crippen LogP contribution in [0.4, 0.5) is 0 Å². The molecule has 0 aliphatic carbocycles. The van der Waals surface area contributed by atoms with Crippen molar-refractivity contribution in [2.45, 2.75) is 0 Å². The van der Waals surface area contributed by atoms with Crippen LogP contribution < -0.4 is 0 Å². The number of halogens is 1. The Hall–Kier alpha value is -5.44. The van der Waals surface area contributed by atoms with Crippen molar-refractivity contribution in [1.29, 1.82) is 0 Å². The van der Waals surface area contributed by atoms with Gasteiger partial charge < -0.3 is 4.42 Å². The van der Waals surface area contributed by atoms with Gasteiger partial charge in [-0.3, -0.25) is 0 Å². The zero-order valence-corrected chi connectivity index (χ0v) is 26.3. The summed E-state index contributed by atoms with van der Waals surface area (Å²) < 4.78 is 7.53. The van der Waals surface area contributed by atoms with Gasteiger partial charge >= 0.3 is 0 Å². The van der Waals surface area contributed by atoms with Crippen molar-refractivity contribution >= 4 is 91.7 Å². The summed E-state index contributed by atoms with van der Waals surface area (Å²) in [5.41, 5.74) is 6.82. The number of hydrogen-bond donors (Lipinski definition) is 0. The van der Waals surface area contributed by atoms with E-state index in [0.29, 0.717) is 0 Å². The number of fused-ring (bicyclic) bond motifs is 8. The van der Waals surface area contributed by atoms with E-state index in [1.165, 1.54) is 76.1 Å². The summed E-state index contributed by atoms with van der Waals surface area (Å²) in [7, 11) is 0. The van der Waals surface area contributed by atoms with Crippen LogP contribution in [0.3, 0.4) is 0 Å². The molecule has 9 aromatic carbocycles. The standard InChI is InChI=1S/C44H25BrO/c45-44-35-19-9-7-17-33(35)43(34-18-8-10-20-36(34)44)42-31-15-5-3-13-29(31)41(30-14-4-6-16-32(30)42)28-21-22-39-37(24-28)38-23-26-11-1-2-12-27(26)25-40(38)46-39/h1-25H. The molecular formula is C44H25BrO. The molecule has 2 heteroatoms. The largest absolute Gasteiger partial charge is 0.456 e. The van der Waals surface area contributed by atoms with Crippen LogP contribution in [0.1, 0.15) is 0 Å². The van der Waals surface area contributed by atoms with E-state index in [2.05, 4.69) is 168 Å². The number of benzene rings is 9. The van der Waals surface area contributed by atoms with Gasteiger partial charge in [0.25, 0.3) is 0 Å². The predicted octanol–water partition coefficient (Wildman–Crippen LogP) is 13.4. The Labute approximate surface area is 273 Å². The van der Waals surface area contributed by atoms with Crippen molar-refractivity contribution in [2.24, 2.45) is 0 Å². The summed E-state index contributed by atoms with van der Waals surface area (Å²) in [6, 6.07) is 55.0. The van der Waals surface area contributed by atoms with E-state index < -0.39 is 0 Å². The molecule has 0 unspecified atom stereocenters. The lowest BCUT2D eigenvalue weighted by Gasteiger charge is -2.21. The average molecular weight is 650 g/mol. The lowest BCUT2D eigenvalue weighted by molar-refractivity contribution is 0.669. The molecule has 0 aliphatic rings. The zero-order valence-electron chi connectivity index (χ0n) is 24.7. The second-order valence-corrected chi connectivity index (χ2v) is 12.9. The Balaban J connectivity index is 1.34. The highest BCUT2D eigenvalue weighted by Gasteiger charge is 2.21. The van der Waals surface area contributed by atoms with E-state index in [4.69, 9.17) is 4.42 Å². The fraction of sp³-hybridized carbons (Fsp3) is 0. The highest BCUT2D eigenvalue weighted by atomic mass is 79.9. The molecule has 1 aromatic heterocycles. The molecule has 0 radical (unpaired) electrons. The van der Waals surface area contributed by atoms with Crippen molar-refractivity contribution in [3.63, 3.8) is 0 Å². The van der Waals surface area contributed by atoms with Crippen LogP contribution in [0.15, 0.2) is 161 Å². The van der Waals surface area contributed by atoms with E-state index in [0.717, 1.165) is 26.4 Å². The molecule has 10 rings (SSSR count). The molecule has 0 spiro atoms. The first-order valence-corrected chi connectivity index (χ1v) is 16.4. The fourth-order valence-electron chi connectivity index (χ4n) is 7.67. The fourth-order valence-corrected chi connectivity index (χ4v) is 8.36. The quantitative estimate of drug-likeness (QED) is 0.170. The highest BCUT2D eigenvalue weighted by Crippen LogP contribution is 2.49. The van der Waals surface area contributed by atoms with Crippen molar-refractivity contribution in [1.82, 2.24) is 0 Å². The molecule has 0 saturated carbocycles. The van der Waals surface area contributed by atoms with Crippen molar-refractivity contribution in [3.8, 4) is 22.3 Å². The average Bonchev–Trinajstić information content (AvgIpc) is 3.47. The van der Waals surface area contributed by atoms with Gasteiger partial charge in [-0.25, -0.2) is 0 Å².